The van der Waals surface area contributed by atoms with Gasteiger partial charge < -0.3 is 10.4 Å². The van der Waals surface area contributed by atoms with Gasteiger partial charge in [-0.25, -0.2) is 9.28 Å². The van der Waals surface area contributed by atoms with Crippen molar-refractivity contribution in [1.82, 2.24) is 5.32 Å². The van der Waals surface area contributed by atoms with E-state index in [9.17, 15) is 14.4 Å². The highest BCUT2D eigenvalue weighted by molar-refractivity contribution is 8.00. The average Bonchev–Trinajstić information content (AvgIpc) is 2.73. The van der Waals surface area contributed by atoms with Gasteiger partial charge in [-0.3, -0.25) is 9.59 Å². The molecule has 2 unspecified atom stereocenters. The van der Waals surface area contributed by atoms with E-state index in [1.54, 1.807) is 0 Å². The normalized spacial score (nSPS) is 37.5. The van der Waals surface area contributed by atoms with Gasteiger partial charge in [-0.2, -0.15) is 0 Å². The number of hydrogen-bond acceptors (Lipinski definition) is 4. The smallest absolute Gasteiger partial charge is 0.324 e. The highest BCUT2D eigenvalue weighted by Crippen LogP contribution is 2.63. The first-order chi connectivity index (χ1) is 9.07. The molecule has 3 aliphatic rings. The highest BCUT2D eigenvalue weighted by atomic mass is 32.2. The van der Waals surface area contributed by atoms with E-state index in [4.69, 9.17) is 5.11 Å². The summed E-state index contributed by atoms with van der Waals surface area (Å²) in [6.45, 7) is 1.22. The number of nitrogens with zero attached hydrogens (tertiary/aromatic N) is 1. The quantitative estimate of drug-likeness (QED) is 0.372. The van der Waals surface area contributed by atoms with Crippen molar-refractivity contribution < 1.29 is 24.0 Å². The van der Waals surface area contributed by atoms with E-state index in [2.05, 4.69) is 5.32 Å². The summed E-state index contributed by atoms with van der Waals surface area (Å²) in [7, 11) is 0. The molecule has 104 valence electrons. The molecule has 3 rings (SSSR count). The van der Waals surface area contributed by atoms with Crippen LogP contribution in [0.3, 0.4) is 0 Å². The van der Waals surface area contributed by atoms with Gasteiger partial charge in [-0.15, -0.1) is 11.8 Å². The molecule has 6 nitrogen and oxygen atoms in total. The van der Waals surface area contributed by atoms with Crippen molar-refractivity contribution in [2.24, 2.45) is 5.92 Å². The molecule has 0 spiro atoms. The van der Waals surface area contributed by atoms with Gasteiger partial charge in [0, 0.05) is 6.42 Å². The van der Waals surface area contributed by atoms with Crippen molar-refractivity contribution in [2.75, 3.05) is 24.6 Å². The van der Waals surface area contributed by atoms with Gasteiger partial charge in [-0.05, 0) is 6.42 Å². The van der Waals surface area contributed by atoms with Crippen LogP contribution in [0.25, 0.3) is 0 Å². The number of fused-ring (bicyclic) bond motifs is 1. The lowest BCUT2D eigenvalue weighted by atomic mass is 9.96. The van der Waals surface area contributed by atoms with Crippen LogP contribution in [-0.4, -0.2) is 64.1 Å². The molecular weight excluding hydrogens is 268 g/mol. The van der Waals surface area contributed by atoms with Crippen molar-refractivity contribution in [2.45, 2.75) is 24.9 Å². The van der Waals surface area contributed by atoms with E-state index in [1.165, 1.54) is 0 Å². The van der Waals surface area contributed by atoms with Gasteiger partial charge in [0.1, 0.15) is 12.5 Å². The Bertz CT molecular complexity index is 449. The minimum atomic E-state index is -0.912. The number of aliphatic carboxylic acids is 1. The summed E-state index contributed by atoms with van der Waals surface area (Å²) in [5.41, 5.74) is 0. The van der Waals surface area contributed by atoms with Crippen LogP contribution in [0.2, 0.25) is 0 Å². The van der Waals surface area contributed by atoms with Crippen molar-refractivity contribution in [3.8, 4) is 0 Å². The van der Waals surface area contributed by atoms with Crippen molar-refractivity contribution in [3.63, 3.8) is 0 Å². The molecule has 0 aromatic heterocycles. The summed E-state index contributed by atoms with van der Waals surface area (Å²) in [4.78, 5) is 33.6. The molecule has 2 saturated heterocycles. The number of carboxylic acid groups (broad SMARTS) is 1. The first-order valence-corrected chi connectivity index (χ1v) is 7.71. The summed E-state index contributed by atoms with van der Waals surface area (Å²) < 4.78 is 0.618. The monoisotopic (exact) mass is 285 g/mol. The number of carbonyl (C=O) groups is 3. The average molecular weight is 285 g/mol. The van der Waals surface area contributed by atoms with E-state index in [-0.39, 0.29) is 17.4 Å². The van der Waals surface area contributed by atoms with Crippen LogP contribution in [0.5, 0.6) is 0 Å². The predicted octanol–water partition coefficient (Wildman–Crippen LogP) is -0.562. The third kappa shape index (κ3) is 1.87. The maximum Gasteiger partial charge on any atom is 0.324 e. The molecule has 0 radical (unpaired) electrons. The summed E-state index contributed by atoms with van der Waals surface area (Å²) in [6, 6.07) is 1.10. The second-order valence-corrected chi connectivity index (χ2v) is 6.46. The van der Waals surface area contributed by atoms with Gasteiger partial charge in [0.2, 0.25) is 5.91 Å². The number of β-lactam (4-membered cyclic amide) rings is 1. The SMILES string of the molecule is O=C(O)CSCC(=O)NCC[N+]12C(=O)[C@@H]3CC[C@H]1C32. The predicted molar refractivity (Wildman–Crippen MR) is 68.4 cm³/mol. The number of piperidine rings is 2. The number of amides is 2. The Morgan fingerprint density at radius 2 is 2.16 bits per heavy atom. The zero-order valence-electron chi connectivity index (χ0n) is 10.5. The Morgan fingerprint density at radius 1 is 1.37 bits per heavy atom. The van der Waals surface area contributed by atoms with E-state index in [0.717, 1.165) is 24.6 Å². The lowest BCUT2D eigenvalue weighted by Crippen LogP contribution is -2.57. The third-order valence-electron chi connectivity index (χ3n) is 4.60. The van der Waals surface area contributed by atoms with Gasteiger partial charge in [0.15, 0.2) is 12.1 Å². The van der Waals surface area contributed by atoms with Crippen LogP contribution in [0.4, 0.5) is 0 Å². The Morgan fingerprint density at radius 3 is 2.79 bits per heavy atom. The Labute approximate surface area is 115 Å². The molecule has 2 aliphatic heterocycles. The maximum atomic E-state index is 11.9. The van der Waals surface area contributed by atoms with Crippen molar-refractivity contribution >= 4 is 29.5 Å². The minimum Gasteiger partial charge on any atom is -0.481 e. The molecule has 0 aromatic rings. The zero-order valence-corrected chi connectivity index (χ0v) is 11.3. The summed E-state index contributed by atoms with van der Waals surface area (Å²) in [5.74, 6) is -0.276. The Hall–Kier alpha value is -1.08. The van der Waals surface area contributed by atoms with Crippen LogP contribution >= 0.6 is 11.8 Å². The molecule has 2 heterocycles. The fourth-order valence-electron chi connectivity index (χ4n) is 3.89. The highest BCUT2D eigenvalue weighted by Gasteiger charge is 2.87. The van der Waals surface area contributed by atoms with E-state index < -0.39 is 5.97 Å². The second kappa shape index (κ2) is 4.49. The zero-order chi connectivity index (χ0) is 13.6. The van der Waals surface area contributed by atoms with E-state index in [0.29, 0.717) is 41.5 Å². The van der Waals surface area contributed by atoms with Crippen LogP contribution in [0.1, 0.15) is 12.8 Å². The minimum absolute atomic E-state index is 0.0578. The molecule has 2 N–H and O–H groups in total. The van der Waals surface area contributed by atoms with Gasteiger partial charge >= 0.3 is 11.9 Å². The van der Waals surface area contributed by atoms with Crippen molar-refractivity contribution in [3.05, 3.63) is 0 Å². The lowest BCUT2D eigenvalue weighted by Gasteiger charge is -2.33. The fraction of sp³-hybridized carbons (Fsp3) is 0.750. The van der Waals surface area contributed by atoms with Gasteiger partial charge in [-0.1, -0.05) is 0 Å². The number of hydrogen-bond donors (Lipinski definition) is 2. The molecule has 0 bridgehead atoms. The molecule has 1 saturated carbocycles. The first kappa shape index (κ1) is 12.9. The Kier molecular flexibility index (Phi) is 3.05. The largest absolute Gasteiger partial charge is 0.481 e. The number of quaternary nitrogens is 1. The van der Waals surface area contributed by atoms with Crippen LogP contribution in [0, 0.1) is 5.92 Å². The van der Waals surface area contributed by atoms with E-state index >= 15 is 0 Å². The van der Waals surface area contributed by atoms with Gasteiger partial charge in [0.25, 0.3) is 0 Å². The van der Waals surface area contributed by atoms with E-state index in [1.807, 2.05) is 0 Å². The summed E-state index contributed by atoms with van der Waals surface area (Å²) in [5, 5.41) is 11.2. The molecule has 1 aliphatic carbocycles. The van der Waals surface area contributed by atoms with Crippen LogP contribution in [-0.2, 0) is 14.4 Å². The molecule has 19 heavy (non-hydrogen) atoms. The number of carboxylic acids is 1. The topological polar surface area (TPSA) is 83.5 Å². The third-order valence-corrected chi connectivity index (χ3v) is 5.52. The molecule has 4 atom stereocenters. The Balaban J connectivity index is 1.35. The molecular formula is C12H17N2O4S+. The maximum absolute atomic E-state index is 11.9. The number of carbonyl (C=O) groups excluding carboxylic acids is 2. The number of rotatable bonds is 7. The fourth-order valence-corrected chi connectivity index (χ4v) is 4.45. The molecule has 3 fully saturated rings. The standard InChI is InChI=1S/C12H16N2O4S/c15-9(5-19-6-10(16)17)13-3-4-14-8-2-1-7(11(8)14)12(14)18/h7-8,11H,1-6H2,(H-,13,15,16,17)/p+1/t7-,8+,11?,14?/m1/s1. The van der Waals surface area contributed by atoms with Gasteiger partial charge in [0.05, 0.1) is 18.1 Å². The number of thioether (sulfide) groups is 1. The molecule has 7 heteroatoms. The van der Waals surface area contributed by atoms with Crippen LogP contribution < -0.4 is 5.32 Å². The number of nitrogens with one attached hydrogen (secondary N) is 1. The second-order valence-electron chi connectivity index (χ2n) is 5.47. The van der Waals surface area contributed by atoms with Crippen LogP contribution in [0.15, 0.2) is 0 Å². The lowest BCUT2D eigenvalue weighted by molar-refractivity contribution is -0.783. The summed E-state index contributed by atoms with van der Waals surface area (Å²) in [6.07, 6.45) is 2.22. The first-order valence-electron chi connectivity index (χ1n) is 6.55. The van der Waals surface area contributed by atoms with Crippen molar-refractivity contribution in [1.29, 1.82) is 0 Å². The summed E-state index contributed by atoms with van der Waals surface area (Å²) >= 11 is 1.09. The molecule has 0 aromatic carbocycles. The molecule has 2 amide bonds.